The molecule has 2 heterocycles. The van der Waals surface area contributed by atoms with Crippen molar-refractivity contribution >= 4 is 28.9 Å². The predicted octanol–water partition coefficient (Wildman–Crippen LogP) is 4.69. The van der Waals surface area contributed by atoms with Crippen molar-refractivity contribution in [2.24, 2.45) is 0 Å². The summed E-state index contributed by atoms with van der Waals surface area (Å²) in [7, 11) is 0. The molecule has 0 saturated carbocycles. The Morgan fingerprint density at radius 3 is 2.30 bits per heavy atom. The fraction of sp³-hybridized carbons (Fsp3) is 0.208. The van der Waals surface area contributed by atoms with E-state index >= 15 is 0 Å². The fourth-order valence-corrected chi connectivity index (χ4v) is 3.79. The summed E-state index contributed by atoms with van der Waals surface area (Å²) in [5.74, 6) is -2.82. The van der Waals surface area contributed by atoms with E-state index in [4.69, 9.17) is 10.1 Å². The van der Waals surface area contributed by atoms with Crippen LogP contribution in [0.15, 0.2) is 48.5 Å². The number of carboxylic acids is 1. The number of rotatable bonds is 6. The van der Waals surface area contributed by atoms with Crippen LogP contribution in [0.3, 0.4) is 0 Å². The Bertz CT molecular complexity index is 1190. The number of aromatic carboxylic acids is 1. The van der Waals surface area contributed by atoms with E-state index in [0.29, 0.717) is 29.9 Å². The van der Waals surface area contributed by atoms with Crippen LogP contribution in [0.2, 0.25) is 0 Å². The molecular formula is C24H22F2N4O3. The summed E-state index contributed by atoms with van der Waals surface area (Å²) in [5.41, 5.74) is 2.42. The summed E-state index contributed by atoms with van der Waals surface area (Å²) >= 11 is 0. The maximum absolute atomic E-state index is 13.7. The Morgan fingerprint density at radius 2 is 1.73 bits per heavy atom. The number of nitrogens with zero attached hydrogens (tertiary/aromatic N) is 2. The topological polar surface area (TPSA) is 98.5 Å². The summed E-state index contributed by atoms with van der Waals surface area (Å²) in [6.07, 6.45) is 0. The highest BCUT2D eigenvalue weighted by Crippen LogP contribution is 2.33. The van der Waals surface area contributed by atoms with Crippen molar-refractivity contribution in [2.75, 3.05) is 36.5 Å². The van der Waals surface area contributed by atoms with Crippen molar-refractivity contribution in [1.82, 2.24) is 4.98 Å². The molecule has 3 N–H and O–H groups in total. The number of aromatic nitrogens is 1. The van der Waals surface area contributed by atoms with Gasteiger partial charge in [-0.05, 0) is 48.4 Å². The second kappa shape index (κ2) is 9.33. The standard InChI is InChI=1S/C24H22F2N4O3/c1-14(27)22-20(15-2-4-19(5-3-15)30-6-8-33-9-7-30)13-21(24(31)32)29-23(22)28-18-11-16(25)10-17(26)12-18/h2-5,10-13,27H,6-9H2,1H3,(H,28,29)(H,31,32). The first-order valence-corrected chi connectivity index (χ1v) is 10.3. The number of benzene rings is 2. The van der Waals surface area contributed by atoms with Crippen molar-refractivity contribution in [3.8, 4) is 11.1 Å². The molecule has 170 valence electrons. The Kier molecular flexibility index (Phi) is 6.32. The van der Waals surface area contributed by atoms with E-state index in [9.17, 15) is 18.7 Å². The highest BCUT2D eigenvalue weighted by atomic mass is 19.1. The molecular weight excluding hydrogens is 430 g/mol. The van der Waals surface area contributed by atoms with Crippen LogP contribution >= 0.6 is 0 Å². The Balaban J connectivity index is 1.79. The molecule has 0 atom stereocenters. The lowest BCUT2D eigenvalue weighted by Crippen LogP contribution is -2.36. The van der Waals surface area contributed by atoms with Crippen LogP contribution in [-0.2, 0) is 4.74 Å². The second-order valence-corrected chi connectivity index (χ2v) is 7.64. The van der Waals surface area contributed by atoms with Crippen LogP contribution in [0.5, 0.6) is 0 Å². The number of pyridine rings is 1. The van der Waals surface area contributed by atoms with Crippen LogP contribution in [0.4, 0.5) is 26.0 Å². The van der Waals surface area contributed by atoms with Gasteiger partial charge in [0.05, 0.1) is 13.2 Å². The molecule has 1 aliphatic heterocycles. The zero-order valence-corrected chi connectivity index (χ0v) is 17.9. The minimum atomic E-state index is -1.26. The van der Waals surface area contributed by atoms with Gasteiger partial charge in [-0.15, -0.1) is 0 Å². The van der Waals surface area contributed by atoms with Crippen LogP contribution in [0.1, 0.15) is 23.0 Å². The number of halogens is 2. The fourth-order valence-electron chi connectivity index (χ4n) is 3.79. The molecule has 0 spiro atoms. The summed E-state index contributed by atoms with van der Waals surface area (Å²) < 4.78 is 32.8. The molecule has 0 radical (unpaired) electrons. The number of morpholine rings is 1. The quantitative estimate of drug-likeness (QED) is 0.469. The molecule has 1 fully saturated rings. The van der Waals surface area contributed by atoms with Crippen molar-refractivity contribution in [3.63, 3.8) is 0 Å². The van der Waals surface area contributed by atoms with Gasteiger partial charge in [0.2, 0.25) is 0 Å². The first kappa shape index (κ1) is 22.3. The van der Waals surface area contributed by atoms with Gasteiger partial charge in [0, 0.05) is 41.8 Å². The third kappa shape index (κ3) is 4.98. The molecule has 1 saturated heterocycles. The normalized spacial score (nSPS) is 13.6. The summed E-state index contributed by atoms with van der Waals surface area (Å²) in [6, 6.07) is 11.8. The molecule has 0 amide bonds. The maximum atomic E-state index is 13.7. The lowest BCUT2D eigenvalue weighted by molar-refractivity contribution is 0.0690. The molecule has 2 aromatic carbocycles. The number of hydrogen-bond donors (Lipinski definition) is 3. The van der Waals surface area contributed by atoms with Gasteiger partial charge < -0.3 is 25.5 Å². The molecule has 7 nitrogen and oxygen atoms in total. The van der Waals surface area contributed by atoms with E-state index in [0.717, 1.165) is 37.0 Å². The summed E-state index contributed by atoms with van der Waals surface area (Å²) in [6.45, 7) is 4.41. The van der Waals surface area contributed by atoms with E-state index in [2.05, 4.69) is 15.2 Å². The van der Waals surface area contributed by atoms with Crippen molar-refractivity contribution < 1.29 is 23.4 Å². The molecule has 9 heteroatoms. The minimum absolute atomic E-state index is 0.0275. The third-order valence-electron chi connectivity index (χ3n) is 5.29. The van der Waals surface area contributed by atoms with Crippen LogP contribution in [0.25, 0.3) is 11.1 Å². The van der Waals surface area contributed by atoms with Gasteiger partial charge in [0.1, 0.15) is 17.5 Å². The largest absolute Gasteiger partial charge is 0.477 e. The van der Waals surface area contributed by atoms with Gasteiger partial charge >= 0.3 is 5.97 Å². The van der Waals surface area contributed by atoms with Crippen LogP contribution < -0.4 is 10.2 Å². The minimum Gasteiger partial charge on any atom is -0.477 e. The summed E-state index contributed by atoms with van der Waals surface area (Å²) in [4.78, 5) is 18.1. The molecule has 0 unspecified atom stereocenters. The Hall–Kier alpha value is -3.85. The lowest BCUT2D eigenvalue weighted by atomic mass is 9.96. The van der Waals surface area contributed by atoms with E-state index in [1.54, 1.807) is 6.92 Å². The average Bonchev–Trinajstić information content (AvgIpc) is 2.78. The zero-order chi connectivity index (χ0) is 23.5. The Labute approximate surface area is 189 Å². The number of nitrogens with one attached hydrogen (secondary N) is 2. The van der Waals surface area contributed by atoms with Gasteiger partial charge in [0.15, 0.2) is 5.69 Å². The third-order valence-corrected chi connectivity index (χ3v) is 5.29. The van der Waals surface area contributed by atoms with Crippen LogP contribution in [0, 0.1) is 17.0 Å². The van der Waals surface area contributed by atoms with Gasteiger partial charge in [-0.1, -0.05) is 12.1 Å². The maximum Gasteiger partial charge on any atom is 0.354 e. The molecule has 0 bridgehead atoms. The Morgan fingerprint density at radius 1 is 1.09 bits per heavy atom. The van der Waals surface area contributed by atoms with E-state index in [-0.39, 0.29) is 22.9 Å². The predicted molar refractivity (Wildman–Crippen MR) is 122 cm³/mol. The number of anilines is 3. The number of carbonyl (C=O) groups is 1. The summed E-state index contributed by atoms with van der Waals surface area (Å²) in [5, 5.41) is 20.7. The number of carboxylic acid groups (broad SMARTS) is 1. The molecule has 1 aliphatic rings. The monoisotopic (exact) mass is 452 g/mol. The smallest absolute Gasteiger partial charge is 0.354 e. The molecule has 33 heavy (non-hydrogen) atoms. The van der Waals surface area contributed by atoms with Gasteiger partial charge in [0.25, 0.3) is 0 Å². The number of hydrogen-bond acceptors (Lipinski definition) is 6. The van der Waals surface area contributed by atoms with E-state index in [1.165, 1.54) is 6.07 Å². The van der Waals surface area contributed by atoms with Crippen LogP contribution in [-0.4, -0.2) is 48.1 Å². The zero-order valence-electron chi connectivity index (χ0n) is 17.9. The highest BCUT2D eigenvalue weighted by Gasteiger charge is 2.20. The molecule has 4 rings (SSSR count). The number of ether oxygens (including phenoxy) is 1. The van der Waals surface area contributed by atoms with Crippen molar-refractivity contribution in [2.45, 2.75) is 6.92 Å². The molecule has 3 aromatic rings. The first-order valence-electron chi connectivity index (χ1n) is 10.3. The van der Waals surface area contributed by atoms with E-state index in [1.807, 2.05) is 24.3 Å². The van der Waals surface area contributed by atoms with Crippen molar-refractivity contribution in [3.05, 3.63) is 71.4 Å². The second-order valence-electron chi connectivity index (χ2n) is 7.64. The van der Waals surface area contributed by atoms with Gasteiger partial charge in [-0.25, -0.2) is 18.6 Å². The first-order chi connectivity index (χ1) is 15.8. The molecule has 0 aliphatic carbocycles. The van der Waals surface area contributed by atoms with Crippen molar-refractivity contribution in [1.29, 1.82) is 5.41 Å². The van der Waals surface area contributed by atoms with Gasteiger partial charge in [-0.3, -0.25) is 0 Å². The highest BCUT2D eigenvalue weighted by molar-refractivity contribution is 6.08. The average molecular weight is 452 g/mol. The van der Waals surface area contributed by atoms with E-state index < -0.39 is 17.6 Å². The van der Waals surface area contributed by atoms with Gasteiger partial charge in [-0.2, -0.15) is 0 Å². The molecule has 1 aromatic heterocycles. The lowest BCUT2D eigenvalue weighted by Gasteiger charge is -2.29. The SMILES string of the molecule is CC(=N)c1c(-c2ccc(N3CCOCC3)cc2)cc(C(=O)O)nc1Nc1cc(F)cc(F)c1.